The van der Waals surface area contributed by atoms with Crippen LogP contribution in [0.2, 0.25) is 0 Å². The summed E-state index contributed by atoms with van der Waals surface area (Å²) < 4.78 is 30.2. The fourth-order valence-electron chi connectivity index (χ4n) is 3.77. The third-order valence-corrected chi connectivity index (χ3v) is 7.31. The minimum atomic E-state index is -3.69. The fraction of sp³-hybridized carbons (Fsp3) is 0.192. The maximum atomic E-state index is 13.4. The molecule has 0 bridgehead atoms. The smallest absolute Gasteiger partial charge is 0.384 e. The van der Waals surface area contributed by atoms with Gasteiger partial charge in [0, 0.05) is 14.2 Å². The first-order chi connectivity index (χ1) is 16.1. The van der Waals surface area contributed by atoms with Gasteiger partial charge in [-0.1, -0.05) is 91.0 Å². The van der Waals surface area contributed by atoms with E-state index in [1.807, 2.05) is 97.9 Å². The third-order valence-electron chi connectivity index (χ3n) is 5.53. The molecule has 3 aromatic carbocycles. The minimum Gasteiger partial charge on any atom is -0.423 e. The summed E-state index contributed by atoms with van der Waals surface area (Å²) >= 11 is 0. The summed E-state index contributed by atoms with van der Waals surface area (Å²) in [7, 11) is -1.00. The standard InChI is InChI=1S/C26H27N2O4P/c1-19(20-13-7-4-8-14-20)27-25-26(33(29,30-2)31-3)28-24(32-25)23(21-15-9-5-10-16-21)22-17-11-6-12-18-22/h4-19,23,27H,1-3H3. The topological polar surface area (TPSA) is 73.6 Å². The molecule has 0 radical (unpaired) electrons. The van der Waals surface area contributed by atoms with Gasteiger partial charge in [-0.3, -0.25) is 4.57 Å². The van der Waals surface area contributed by atoms with Crippen LogP contribution >= 0.6 is 7.60 Å². The van der Waals surface area contributed by atoms with Crippen molar-refractivity contribution in [1.82, 2.24) is 4.98 Å². The van der Waals surface area contributed by atoms with Crippen molar-refractivity contribution in [2.45, 2.75) is 18.9 Å². The van der Waals surface area contributed by atoms with Gasteiger partial charge in [-0.25, -0.2) is 4.98 Å². The molecular weight excluding hydrogens is 435 g/mol. The summed E-state index contributed by atoms with van der Waals surface area (Å²) in [6, 6.07) is 29.7. The van der Waals surface area contributed by atoms with Crippen LogP contribution in [0.15, 0.2) is 95.4 Å². The molecule has 4 aromatic rings. The zero-order chi connectivity index (χ0) is 23.3. The number of anilines is 1. The molecule has 33 heavy (non-hydrogen) atoms. The molecule has 1 atom stereocenters. The highest BCUT2D eigenvalue weighted by molar-refractivity contribution is 7.62. The fourth-order valence-corrected chi connectivity index (χ4v) is 4.84. The highest BCUT2D eigenvalue weighted by atomic mass is 31.2. The lowest BCUT2D eigenvalue weighted by Crippen LogP contribution is -2.17. The van der Waals surface area contributed by atoms with E-state index in [1.54, 1.807) is 0 Å². The van der Waals surface area contributed by atoms with Crippen molar-refractivity contribution in [3.8, 4) is 0 Å². The van der Waals surface area contributed by atoms with Crippen molar-refractivity contribution in [1.29, 1.82) is 0 Å². The molecule has 0 aliphatic carbocycles. The molecule has 7 heteroatoms. The Balaban J connectivity index is 1.83. The monoisotopic (exact) mass is 462 g/mol. The van der Waals surface area contributed by atoms with Gasteiger partial charge in [0.1, 0.15) is 0 Å². The second-order valence-electron chi connectivity index (χ2n) is 7.60. The van der Waals surface area contributed by atoms with Crippen molar-refractivity contribution in [2.75, 3.05) is 19.5 Å². The van der Waals surface area contributed by atoms with Crippen LogP contribution in [0.3, 0.4) is 0 Å². The summed E-state index contributed by atoms with van der Waals surface area (Å²) in [4.78, 5) is 4.68. The van der Waals surface area contributed by atoms with Crippen molar-refractivity contribution < 1.29 is 18.0 Å². The molecule has 0 fully saturated rings. The zero-order valence-electron chi connectivity index (χ0n) is 18.8. The van der Waals surface area contributed by atoms with E-state index < -0.39 is 7.60 Å². The third kappa shape index (κ3) is 4.93. The van der Waals surface area contributed by atoms with Gasteiger partial charge in [-0.05, 0) is 23.6 Å². The Kier molecular flexibility index (Phi) is 7.09. The Morgan fingerprint density at radius 3 is 1.70 bits per heavy atom. The van der Waals surface area contributed by atoms with E-state index >= 15 is 0 Å². The summed E-state index contributed by atoms with van der Waals surface area (Å²) in [5.74, 6) is 0.376. The predicted octanol–water partition coefficient (Wildman–Crippen LogP) is 6.14. The zero-order valence-corrected chi connectivity index (χ0v) is 19.7. The lowest BCUT2D eigenvalue weighted by Gasteiger charge is -2.16. The van der Waals surface area contributed by atoms with E-state index in [4.69, 9.17) is 13.5 Å². The van der Waals surface area contributed by atoms with Crippen LogP contribution in [0.25, 0.3) is 0 Å². The van der Waals surface area contributed by atoms with Crippen molar-refractivity contribution in [3.05, 3.63) is 114 Å². The number of oxazole rings is 1. The van der Waals surface area contributed by atoms with Crippen LogP contribution in [-0.4, -0.2) is 19.2 Å². The van der Waals surface area contributed by atoms with E-state index in [9.17, 15) is 4.57 Å². The van der Waals surface area contributed by atoms with Crippen molar-refractivity contribution >= 4 is 18.9 Å². The molecule has 0 aliphatic rings. The van der Waals surface area contributed by atoms with Gasteiger partial charge in [0.15, 0.2) is 0 Å². The molecule has 1 heterocycles. The van der Waals surface area contributed by atoms with Crippen LogP contribution in [-0.2, 0) is 13.6 Å². The highest BCUT2D eigenvalue weighted by Crippen LogP contribution is 2.48. The average Bonchev–Trinajstić information content (AvgIpc) is 3.29. The number of aromatic nitrogens is 1. The van der Waals surface area contributed by atoms with Gasteiger partial charge in [-0.2, -0.15) is 0 Å². The van der Waals surface area contributed by atoms with E-state index in [0.717, 1.165) is 16.7 Å². The summed E-state index contributed by atoms with van der Waals surface area (Å²) in [5.41, 5.74) is 3.18. The quantitative estimate of drug-likeness (QED) is 0.301. The number of hydrogen-bond acceptors (Lipinski definition) is 6. The lowest BCUT2D eigenvalue weighted by atomic mass is 9.91. The molecule has 6 nitrogen and oxygen atoms in total. The van der Waals surface area contributed by atoms with E-state index in [-0.39, 0.29) is 23.3 Å². The first-order valence-corrected chi connectivity index (χ1v) is 12.2. The normalized spacial score (nSPS) is 12.6. The van der Waals surface area contributed by atoms with E-state index in [0.29, 0.717) is 5.89 Å². The second kappa shape index (κ2) is 10.2. The number of rotatable bonds is 9. The van der Waals surface area contributed by atoms with Crippen LogP contribution in [0.5, 0.6) is 0 Å². The molecule has 0 saturated carbocycles. The van der Waals surface area contributed by atoms with Gasteiger partial charge in [0.25, 0.3) is 0 Å². The van der Waals surface area contributed by atoms with Crippen molar-refractivity contribution in [3.63, 3.8) is 0 Å². The van der Waals surface area contributed by atoms with Gasteiger partial charge < -0.3 is 18.8 Å². The van der Waals surface area contributed by atoms with Crippen LogP contribution < -0.4 is 10.8 Å². The molecule has 0 saturated heterocycles. The van der Waals surface area contributed by atoms with Crippen LogP contribution in [0.4, 0.5) is 5.88 Å². The number of nitrogens with one attached hydrogen (secondary N) is 1. The largest absolute Gasteiger partial charge is 0.423 e. The first-order valence-electron chi connectivity index (χ1n) is 10.7. The highest BCUT2D eigenvalue weighted by Gasteiger charge is 2.36. The Labute approximate surface area is 194 Å². The number of benzene rings is 3. The van der Waals surface area contributed by atoms with Gasteiger partial charge in [0.05, 0.1) is 12.0 Å². The SMILES string of the molecule is COP(=O)(OC)c1nc(C(c2ccccc2)c2ccccc2)oc1NC(C)c1ccccc1. The molecule has 0 aliphatic heterocycles. The molecule has 0 spiro atoms. The maximum absolute atomic E-state index is 13.4. The van der Waals surface area contributed by atoms with Crippen molar-refractivity contribution in [2.24, 2.45) is 0 Å². The maximum Gasteiger partial charge on any atom is 0.384 e. The lowest BCUT2D eigenvalue weighted by molar-refractivity contribution is 0.286. The molecule has 4 rings (SSSR count). The summed E-state index contributed by atoms with van der Waals surface area (Å²) in [6.45, 7) is 2.00. The minimum absolute atomic E-state index is 0.125. The van der Waals surface area contributed by atoms with E-state index in [2.05, 4.69) is 10.3 Å². The van der Waals surface area contributed by atoms with Crippen LogP contribution in [0, 0.1) is 0 Å². The average molecular weight is 462 g/mol. The summed E-state index contributed by atoms with van der Waals surface area (Å²) in [6.07, 6.45) is 0. The molecule has 0 amide bonds. The molecule has 170 valence electrons. The Morgan fingerprint density at radius 2 is 1.24 bits per heavy atom. The van der Waals surface area contributed by atoms with Gasteiger partial charge in [0.2, 0.25) is 17.2 Å². The number of hydrogen-bond donors (Lipinski definition) is 1. The Bertz CT molecular complexity index is 1170. The van der Waals surface area contributed by atoms with Gasteiger partial charge in [-0.15, -0.1) is 0 Å². The first kappa shape index (κ1) is 23.0. The molecule has 1 N–H and O–H groups in total. The second-order valence-corrected chi connectivity index (χ2v) is 9.75. The Hall–Kier alpha value is -3.18. The predicted molar refractivity (Wildman–Crippen MR) is 130 cm³/mol. The number of nitrogens with zero attached hydrogens (tertiary/aromatic N) is 1. The Morgan fingerprint density at radius 1 is 0.788 bits per heavy atom. The molecule has 1 unspecified atom stereocenters. The molecular formula is C26H27N2O4P. The van der Waals surface area contributed by atoms with Gasteiger partial charge >= 0.3 is 7.60 Å². The summed E-state index contributed by atoms with van der Waals surface area (Å²) in [5, 5.41) is 3.32. The molecule has 1 aromatic heterocycles. The van der Waals surface area contributed by atoms with E-state index in [1.165, 1.54) is 14.2 Å². The van der Waals surface area contributed by atoms with Crippen LogP contribution in [0.1, 0.15) is 41.5 Å².